The molecule has 0 aliphatic carbocycles. The van der Waals surface area contributed by atoms with Crippen LogP contribution in [-0.2, 0) is 9.59 Å². The SMILES string of the molecule is C=CCNC(=O)/C(C#N)=C/c1ccc(OC(=O)COc2ccc(-c3ccccc3)cc2)c(OC)c1. The third-order valence-corrected chi connectivity index (χ3v) is 4.81. The van der Waals surface area contributed by atoms with Gasteiger partial charge in [0.25, 0.3) is 5.91 Å². The fourth-order valence-electron chi connectivity index (χ4n) is 3.10. The smallest absolute Gasteiger partial charge is 0.349 e. The summed E-state index contributed by atoms with van der Waals surface area (Å²) < 4.78 is 16.2. The summed E-state index contributed by atoms with van der Waals surface area (Å²) in [5.41, 5.74) is 2.58. The maximum Gasteiger partial charge on any atom is 0.349 e. The van der Waals surface area contributed by atoms with E-state index in [1.807, 2.05) is 48.5 Å². The first-order valence-electron chi connectivity index (χ1n) is 10.7. The van der Waals surface area contributed by atoms with Gasteiger partial charge in [0, 0.05) is 6.54 Å². The summed E-state index contributed by atoms with van der Waals surface area (Å²) in [5, 5.41) is 11.8. The number of ether oxygens (including phenoxy) is 3. The van der Waals surface area contributed by atoms with Crippen LogP contribution in [0.1, 0.15) is 5.56 Å². The number of nitriles is 1. The molecule has 1 amide bonds. The average molecular weight is 469 g/mol. The number of amides is 1. The van der Waals surface area contributed by atoms with Gasteiger partial charge in [-0.25, -0.2) is 4.79 Å². The van der Waals surface area contributed by atoms with Crippen LogP contribution in [0.15, 0.2) is 91.0 Å². The average Bonchev–Trinajstić information content (AvgIpc) is 2.90. The minimum atomic E-state index is -0.611. The van der Waals surface area contributed by atoms with Crippen LogP contribution < -0.4 is 19.5 Å². The number of hydrogen-bond donors (Lipinski definition) is 1. The van der Waals surface area contributed by atoms with Gasteiger partial charge in [-0.15, -0.1) is 6.58 Å². The fraction of sp³-hybridized carbons (Fsp3) is 0.107. The van der Waals surface area contributed by atoms with Crippen molar-refractivity contribution >= 4 is 18.0 Å². The highest BCUT2D eigenvalue weighted by Crippen LogP contribution is 2.29. The minimum absolute atomic E-state index is 0.0784. The molecule has 7 nitrogen and oxygen atoms in total. The fourth-order valence-corrected chi connectivity index (χ4v) is 3.10. The number of esters is 1. The zero-order chi connectivity index (χ0) is 25.0. The molecule has 0 aliphatic rings. The maximum atomic E-state index is 12.3. The molecule has 0 unspecified atom stereocenters. The largest absolute Gasteiger partial charge is 0.493 e. The molecule has 0 bridgehead atoms. The molecule has 3 aromatic rings. The Labute approximate surface area is 203 Å². The van der Waals surface area contributed by atoms with Gasteiger partial charge in [-0.05, 0) is 47.0 Å². The van der Waals surface area contributed by atoms with E-state index in [-0.39, 0.29) is 30.2 Å². The molecule has 3 rings (SSSR count). The van der Waals surface area contributed by atoms with E-state index in [4.69, 9.17) is 14.2 Å². The van der Waals surface area contributed by atoms with Gasteiger partial charge >= 0.3 is 5.97 Å². The number of rotatable bonds is 10. The second-order valence-electron chi connectivity index (χ2n) is 7.23. The highest BCUT2D eigenvalue weighted by atomic mass is 16.6. The maximum absolute atomic E-state index is 12.3. The minimum Gasteiger partial charge on any atom is -0.493 e. The van der Waals surface area contributed by atoms with Crippen molar-refractivity contribution in [2.24, 2.45) is 0 Å². The Morgan fingerprint density at radius 3 is 2.37 bits per heavy atom. The Hall–Kier alpha value is -4.83. The van der Waals surface area contributed by atoms with Gasteiger partial charge < -0.3 is 19.5 Å². The number of carbonyl (C=O) groups excluding carboxylic acids is 2. The second kappa shape index (κ2) is 12.4. The van der Waals surface area contributed by atoms with Crippen molar-refractivity contribution in [3.8, 4) is 34.4 Å². The normalized spacial score (nSPS) is 10.6. The number of benzene rings is 3. The molecular weight excluding hydrogens is 444 g/mol. The van der Waals surface area contributed by atoms with Crippen LogP contribution in [-0.4, -0.2) is 32.1 Å². The monoisotopic (exact) mass is 468 g/mol. The molecule has 7 heteroatoms. The van der Waals surface area contributed by atoms with E-state index < -0.39 is 11.9 Å². The molecule has 35 heavy (non-hydrogen) atoms. The zero-order valence-electron chi connectivity index (χ0n) is 19.2. The summed E-state index contributed by atoms with van der Waals surface area (Å²) >= 11 is 0. The van der Waals surface area contributed by atoms with E-state index in [0.29, 0.717) is 11.3 Å². The molecule has 0 radical (unpaired) electrons. The molecule has 1 N–H and O–H groups in total. The van der Waals surface area contributed by atoms with Crippen molar-refractivity contribution in [1.29, 1.82) is 5.26 Å². The summed E-state index contributed by atoms with van der Waals surface area (Å²) in [6, 6.07) is 23.9. The van der Waals surface area contributed by atoms with E-state index in [9.17, 15) is 14.9 Å². The molecule has 0 spiro atoms. The van der Waals surface area contributed by atoms with Crippen molar-refractivity contribution in [2.45, 2.75) is 0 Å². The standard InChI is InChI=1S/C28H24N2O5/c1-3-15-30-28(32)23(18-29)16-20-9-14-25(26(17-20)33-2)35-27(31)19-34-24-12-10-22(11-13-24)21-7-5-4-6-8-21/h3-14,16-17H,1,15,19H2,2H3,(H,30,32)/b23-16+. The van der Waals surface area contributed by atoms with E-state index in [0.717, 1.165) is 11.1 Å². The topological polar surface area (TPSA) is 97.7 Å². The molecule has 0 fully saturated rings. The van der Waals surface area contributed by atoms with Crippen LogP contribution in [0.5, 0.6) is 17.2 Å². The van der Waals surface area contributed by atoms with Crippen LogP contribution in [0.3, 0.4) is 0 Å². The lowest BCUT2D eigenvalue weighted by Gasteiger charge is -2.11. The number of hydrogen-bond acceptors (Lipinski definition) is 6. The summed E-state index contributed by atoms with van der Waals surface area (Å²) in [5.74, 6) is -0.140. The van der Waals surface area contributed by atoms with E-state index in [1.165, 1.54) is 25.3 Å². The first-order chi connectivity index (χ1) is 17.0. The lowest BCUT2D eigenvalue weighted by molar-refractivity contribution is -0.136. The van der Waals surface area contributed by atoms with Crippen molar-refractivity contribution in [1.82, 2.24) is 5.32 Å². The predicted octanol–water partition coefficient (Wildman–Crippen LogP) is 4.56. The number of methoxy groups -OCH3 is 1. The number of nitrogens with one attached hydrogen (secondary N) is 1. The van der Waals surface area contributed by atoms with Crippen LogP contribution in [0.25, 0.3) is 17.2 Å². The number of carbonyl (C=O) groups is 2. The predicted molar refractivity (Wildman–Crippen MR) is 133 cm³/mol. The van der Waals surface area contributed by atoms with E-state index in [2.05, 4.69) is 11.9 Å². The Morgan fingerprint density at radius 2 is 1.71 bits per heavy atom. The van der Waals surface area contributed by atoms with Gasteiger partial charge in [-0.3, -0.25) is 4.79 Å². The molecule has 0 heterocycles. The first-order valence-corrected chi connectivity index (χ1v) is 10.7. The van der Waals surface area contributed by atoms with Gasteiger partial charge in [0.05, 0.1) is 7.11 Å². The van der Waals surface area contributed by atoms with Crippen LogP contribution in [0.4, 0.5) is 0 Å². The van der Waals surface area contributed by atoms with E-state index in [1.54, 1.807) is 24.3 Å². The quantitative estimate of drug-likeness (QED) is 0.154. The van der Waals surface area contributed by atoms with Gasteiger partial charge in [-0.1, -0.05) is 54.6 Å². The van der Waals surface area contributed by atoms with Crippen LogP contribution in [0, 0.1) is 11.3 Å². The molecule has 0 saturated carbocycles. The summed E-state index contributed by atoms with van der Waals surface area (Å²) in [7, 11) is 1.42. The van der Waals surface area contributed by atoms with Crippen molar-refractivity contribution < 1.29 is 23.8 Å². The van der Waals surface area contributed by atoms with Crippen molar-refractivity contribution in [2.75, 3.05) is 20.3 Å². The van der Waals surface area contributed by atoms with Gasteiger partial charge in [0.15, 0.2) is 18.1 Å². The van der Waals surface area contributed by atoms with Crippen molar-refractivity contribution in [3.63, 3.8) is 0 Å². The summed E-state index contributed by atoms with van der Waals surface area (Å²) in [6.07, 6.45) is 2.93. The van der Waals surface area contributed by atoms with Crippen LogP contribution in [0.2, 0.25) is 0 Å². The highest BCUT2D eigenvalue weighted by molar-refractivity contribution is 6.01. The van der Waals surface area contributed by atoms with Gasteiger partial charge in [0.2, 0.25) is 0 Å². The number of nitrogens with zero attached hydrogens (tertiary/aromatic N) is 1. The van der Waals surface area contributed by atoms with Crippen molar-refractivity contribution in [3.05, 3.63) is 96.6 Å². The molecule has 0 saturated heterocycles. The molecule has 3 aromatic carbocycles. The second-order valence-corrected chi connectivity index (χ2v) is 7.23. The van der Waals surface area contributed by atoms with Gasteiger partial charge in [0.1, 0.15) is 17.4 Å². The summed E-state index contributed by atoms with van der Waals surface area (Å²) in [6.45, 7) is 3.47. The lowest BCUT2D eigenvalue weighted by Crippen LogP contribution is -2.24. The molecule has 176 valence electrons. The third kappa shape index (κ3) is 7.07. The molecule has 0 aliphatic heterocycles. The molecule has 0 aromatic heterocycles. The van der Waals surface area contributed by atoms with Gasteiger partial charge in [-0.2, -0.15) is 5.26 Å². The Bertz CT molecular complexity index is 1260. The Balaban J connectivity index is 1.62. The highest BCUT2D eigenvalue weighted by Gasteiger charge is 2.13. The Kier molecular flexibility index (Phi) is 8.80. The van der Waals surface area contributed by atoms with E-state index >= 15 is 0 Å². The summed E-state index contributed by atoms with van der Waals surface area (Å²) in [4.78, 5) is 24.3. The first kappa shape index (κ1) is 24.8. The molecular formula is C28H24N2O5. The lowest BCUT2D eigenvalue weighted by atomic mass is 10.1. The molecule has 0 atom stereocenters. The van der Waals surface area contributed by atoms with Crippen LogP contribution >= 0.6 is 0 Å². The zero-order valence-corrected chi connectivity index (χ0v) is 19.2. The Morgan fingerprint density at radius 1 is 1.00 bits per heavy atom. The third-order valence-electron chi connectivity index (χ3n) is 4.81.